The maximum atomic E-state index is 13.9. The second kappa shape index (κ2) is 7.87. The molecule has 5 nitrogen and oxygen atoms in total. The summed E-state index contributed by atoms with van der Waals surface area (Å²) in [5, 5.41) is 0. The number of benzene rings is 1. The number of Topliss-reactive ketones (excluding diaryl/α,β-unsaturated/α-hetero) is 1. The Morgan fingerprint density at radius 3 is 2.71 bits per heavy atom. The van der Waals surface area contributed by atoms with Gasteiger partial charge in [0, 0.05) is 42.4 Å². The highest BCUT2D eigenvalue weighted by atomic mass is 79.9. The van der Waals surface area contributed by atoms with Crippen molar-refractivity contribution in [3.05, 3.63) is 45.3 Å². The van der Waals surface area contributed by atoms with Crippen LogP contribution in [0.5, 0.6) is 0 Å². The number of hydrogen-bond acceptors (Lipinski definition) is 4. The molecular weight excluding hydrogens is 427 g/mol. The van der Waals surface area contributed by atoms with E-state index in [2.05, 4.69) is 20.9 Å². The van der Waals surface area contributed by atoms with E-state index in [1.165, 1.54) is 6.07 Å². The molecule has 0 N–H and O–H groups in total. The molecule has 148 valence electrons. The fourth-order valence-electron chi connectivity index (χ4n) is 4.40. The minimum absolute atomic E-state index is 0.104. The summed E-state index contributed by atoms with van der Waals surface area (Å²) < 4.78 is 19.6. The van der Waals surface area contributed by atoms with E-state index in [1.54, 1.807) is 17.0 Å². The zero-order chi connectivity index (χ0) is 19.8. The highest BCUT2D eigenvalue weighted by Crippen LogP contribution is 2.44. The van der Waals surface area contributed by atoms with Crippen LogP contribution in [0.25, 0.3) is 0 Å². The van der Waals surface area contributed by atoms with Gasteiger partial charge in [-0.05, 0) is 53.4 Å². The molecule has 1 aromatic carbocycles. The Labute approximate surface area is 171 Å². The molecule has 1 aromatic rings. The van der Waals surface area contributed by atoms with E-state index in [9.17, 15) is 14.0 Å². The van der Waals surface area contributed by atoms with E-state index in [4.69, 9.17) is 4.74 Å². The van der Waals surface area contributed by atoms with Crippen LogP contribution >= 0.6 is 15.9 Å². The SMILES string of the molecule is CC1=C(C(=O)N2CCOCC2)[C@@H](c2ccc(F)c(Br)c2)[C@H]2C(=O)CCCC2=N1. The molecule has 28 heavy (non-hydrogen) atoms. The lowest BCUT2D eigenvalue weighted by atomic mass is 9.69. The molecule has 4 rings (SSSR count). The van der Waals surface area contributed by atoms with Gasteiger partial charge < -0.3 is 9.64 Å². The zero-order valence-electron chi connectivity index (χ0n) is 15.7. The molecule has 2 atom stereocenters. The fraction of sp³-hybridized carbons (Fsp3) is 0.476. The summed E-state index contributed by atoms with van der Waals surface area (Å²) in [4.78, 5) is 32.8. The molecule has 1 aliphatic carbocycles. The quantitative estimate of drug-likeness (QED) is 0.693. The Hall–Kier alpha value is -1.86. The molecular formula is C21H22BrFN2O3. The van der Waals surface area contributed by atoms with Crippen LogP contribution in [0.1, 0.15) is 37.7 Å². The molecule has 3 aliphatic rings. The summed E-state index contributed by atoms with van der Waals surface area (Å²) in [7, 11) is 0. The second-order valence-electron chi connectivity index (χ2n) is 7.46. The first-order chi connectivity index (χ1) is 13.5. The maximum Gasteiger partial charge on any atom is 0.252 e. The third-order valence-corrected chi connectivity index (χ3v) is 6.35. The van der Waals surface area contributed by atoms with Gasteiger partial charge in [-0.25, -0.2) is 4.39 Å². The van der Waals surface area contributed by atoms with Gasteiger partial charge in [0.05, 0.1) is 23.6 Å². The third kappa shape index (κ3) is 3.46. The van der Waals surface area contributed by atoms with Crippen molar-refractivity contribution in [3.63, 3.8) is 0 Å². The molecule has 2 heterocycles. The average Bonchev–Trinajstić information content (AvgIpc) is 2.69. The number of halogens is 2. The smallest absolute Gasteiger partial charge is 0.252 e. The number of carbonyl (C=O) groups is 2. The number of morpholine rings is 1. The van der Waals surface area contributed by atoms with E-state index >= 15 is 0 Å². The Kier molecular flexibility index (Phi) is 5.47. The molecule has 0 bridgehead atoms. The summed E-state index contributed by atoms with van der Waals surface area (Å²) in [5.74, 6) is -1.25. The molecule has 2 fully saturated rings. The van der Waals surface area contributed by atoms with Crippen molar-refractivity contribution in [1.29, 1.82) is 0 Å². The first kappa shape index (κ1) is 19.5. The highest BCUT2D eigenvalue weighted by Gasteiger charge is 2.44. The van der Waals surface area contributed by atoms with Crippen molar-refractivity contribution in [2.75, 3.05) is 26.3 Å². The van der Waals surface area contributed by atoms with E-state index in [1.807, 2.05) is 6.92 Å². The highest BCUT2D eigenvalue weighted by molar-refractivity contribution is 9.10. The average molecular weight is 449 g/mol. The molecule has 0 spiro atoms. The molecule has 0 radical (unpaired) electrons. The topological polar surface area (TPSA) is 59.0 Å². The van der Waals surface area contributed by atoms with Gasteiger partial charge in [-0.1, -0.05) is 6.07 Å². The monoisotopic (exact) mass is 448 g/mol. The van der Waals surface area contributed by atoms with Crippen molar-refractivity contribution >= 4 is 33.3 Å². The van der Waals surface area contributed by atoms with Crippen LogP contribution in [0.2, 0.25) is 0 Å². The molecule has 1 saturated heterocycles. The number of fused-ring (bicyclic) bond motifs is 1. The van der Waals surface area contributed by atoms with Crippen molar-refractivity contribution in [2.45, 2.75) is 32.1 Å². The van der Waals surface area contributed by atoms with Crippen LogP contribution in [0.15, 0.2) is 38.9 Å². The van der Waals surface area contributed by atoms with E-state index < -0.39 is 11.8 Å². The van der Waals surface area contributed by atoms with Crippen LogP contribution in [0, 0.1) is 11.7 Å². The standard InChI is InChI=1S/C21H22BrFN2O3/c1-12-18(21(27)25-7-9-28-10-8-25)19(13-5-6-15(23)14(22)11-13)20-16(24-12)3-2-4-17(20)26/h5-6,11,19-20H,2-4,7-10H2,1H3/t19-,20-/m1/s1. The number of carbonyl (C=O) groups excluding carboxylic acids is 2. The molecule has 0 unspecified atom stereocenters. The number of ether oxygens (including phenoxy) is 1. The minimum Gasteiger partial charge on any atom is -0.378 e. The minimum atomic E-state index is -0.449. The summed E-state index contributed by atoms with van der Waals surface area (Å²) in [6.07, 6.45) is 2.03. The Morgan fingerprint density at radius 2 is 2.00 bits per heavy atom. The summed E-state index contributed by atoms with van der Waals surface area (Å²) in [5.41, 5.74) is 2.81. The van der Waals surface area contributed by atoms with Gasteiger partial charge >= 0.3 is 0 Å². The number of rotatable bonds is 2. The Bertz CT molecular complexity index is 890. The zero-order valence-corrected chi connectivity index (χ0v) is 17.3. The number of allylic oxidation sites excluding steroid dienone is 1. The van der Waals surface area contributed by atoms with E-state index in [0.717, 1.165) is 24.1 Å². The van der Waals surface area contributed by atoms with Crippen molar-refractivity contribution in [1.82, 2.24) is 4.90 Å². The predicted octanol–water partition coefficient (Wildman–Crippen LogP) is 3.63. The van der Waals surface area contributed by atoms with Gasteiger partial charge in [0.15, 0.2) is 0 Å². The van der Waals surface area contributed by atoms with Crippen LogP contribution in [0.3, 0.4) is 0 Å². The van der Waals surface area contributed by atoms with E-state index in [-0.39, 0.29) is 17.5 Å². The lowest BCUT2D eigenvalue weighted by Gasteiger charge is -2.38. The maximum absolute atomic E-state index is 13.9. The molecule has 7 heteroatoms. The van der Waals surface area contributed by atoms with Crippen LogP contribution in [0.4, 0.5) is 4.39 Å². The van der Waals surface area contributed by atoms with E-state index in [0.29, 0.717) is 48.5 Å². The largest absolute Gasteiger partial charge is 0.378 e. The van der Waals surface area contributed by atoms with Crippen LogP contribution < -0.4 is 0 Å². The van der Waals surface area contributed by atoms with Gasteiger partial charge in [0.2, 0.25) is 0 Å². The summed E-state index contributed by atoms with van der Waals surface area (Å²) in [6.45, 7) is 3.88. The molecule has 2 aliphatic heterocycles. The molecule has 1 saturated carbocycles. The first-order valence-electron chi connectivity index (χ1n) is 9.60. The number of nitrogens with zero attached hydrogens (tertiary/aromatic N) is 2. The Morgan fingerprint density at radius 1 is 1.25 bits per heavy atom. The van der Waals surface area contributed by atoms with Gasteiger partial charge in [-0.3, -0.25) is 14.6 Å². The van der Waals surface area contributed by atoms with Crippen molar-refractivity contribution < 1.29 is 18.7 Å². The molecule has 0 aromatic heterocycles. The first-order valence-corrected chi connectivity index (χ1v) is 10.4. The predicted molar refractivity (Wildman–Crippen MR) is 107 cm³/mol. The van der Waals surface area contributed by atoms with Crippen molar-refractivity contribution in [3.8, 4) is 0 Å². The second-order valence-corrected chi connectivity index (χ2v) is 8.31. The number of aliphatic imine (C=N–C) groups is 1. The lowest BCUT2D eigenvalue weighted by Crippen LogP contribution is -2.45. The number of amides is 1. The number of hydrogen-bond donors (Lipinski definition) is 0. The normalized spacial score (nSPS) is 25.5. The van der Waals surface area contributed by atoms with Gasteiger partial charge in [-0.2, -0.15) is 0 Å². The Balaban J connectivity index is 1.83. The van der Waals surface area contributed by atoms with Crippen LogP contribution in [-0.4, -0.2) is 48.6 Å². The summed E-state index contributed by atoms with van der Waals surface area (Å²) in [6, 6.07) is 4.74. The third-order valence-electron chi connectivity index (χ3n) is 5.74. The fourth-order valence-corrected chi connectivity index (χ4v) is 4.80. The van der Waals surface area contributed by atoms with Crippen molar-refractivity contribution in [2.24, 2.45) is 10.9 Å². The summed E-state index contributed by atoms with van der Waals surface area (Å²) >= 11 is 3.25. The van der Waals surface area contributed by atoms with Gasteiger partial charge in [0.25, 0.3) is 5.91 Å². The lowest BCUT2D eigenvalue weighted by molar-refractivity contribution is -0.131. The molecule has 1 amide bonds. The van der Waals surface area contributed by atoms with Gasteiger partial charge in [-0.15, -0.1) is 0 Å². The van der Waals surface area contributed by atoms with Crippen LogP contribution in [-0.2, 0) is 14.3 Å². The number of ketones is 1. The van der Waals surface area contributed by atoms with Gasteiger partial charge in [0.1, 0.15) is 11.6 Å².